The Balaban J connectivity index is 1.90. The number of nitrogens with zero attached hydrogens (tertiary/aromatic N) is 4. The second-order valence-electron chi connectivity index (χ2n) is 6.01. The van der Waals surface area contributed by atoms with E-state index in [1.54, 1.807) is 11.8 Å². The molecule has 2 aromatic heterocycles. The summed E-state index contributed by atoms with van der Waals surface area (Å²) in [5, 5.41) is 8.54. The predicted molar refractivity (Wildman–Crippen MR) is 107 cm³/mol. The largest absolute Gasteiger partial charge is 0.383 e. The van der Waals surface area contributed by atoms with Crippen LogP contribution in [0.4, 0.5) is 11.8 Å². The smallest absolute Gasteiger partial charge is 0.225 e. The van der Waals surface area contributed by atoms with Gasteiger partial charge < -0.3 is 15.8 Å². The number of rotatable bonds is 6. The molecular formula is C20H20N6O. The molecule has 2 heterocycles. The topological polar surface area (TPSA) is 90.9 Å². The zero-order valence-corrected chi connectivity index (χ0v) is 15.0. The van der Waals surface area contributed by atoms with Crippen LogP contribution in [0.1, 0.15) is 0 Å². The number of hydrogen-bond donors (Lipinski definition) is 2. The van der Waals surface area contributed by atoms with Crippen molar-refractivity contribution < 1.29 is 4.74 Å². The molecule has 4 aromatic rings. The number of anilines is 2. The number of para-hydroxylation sites is 1. The Bertz CT molecular complexity index is 1050. The fourth-order valence-corrected chi connectivity index (χ4v) is 2.93. The number of ether oxygens (including phenoxy) is 1. The van der Waals surface area contributed by atoms with Gasteiger partial charge in [-0.15, -0.1) is 5.10 Å². The third-order valence-electron chi connectivity index (χ3n) is 4.21. The van der Waals surface area contributed by atoms with E-state index in [2.05, 4.69) is 15.4 Å². The highest BCUT2D eigenvalue weighted by molar-refractivity contribution is 5.99. The molecule has 4 rings (SSSR count). The number of nitrogens with two attached hydrogens (primary N) is 1. The lowest BCUT2D eigenvalue weighted by Crippen LogP contribution is -2.10. The van der Waals surface area contributed by atoms with Gasteiger partial charge in [-0.2, -0.15) is 4.98 Å². The van der Waals surface area contributed by atoms with Crippen molar-refractivity contribution in [1.29, 1.82) is 0 Å². The van der Waals surface area contributed by atoms with Crippen LogP contribution in [0, 0.1) is 0 Å². The van der Waals surface area contributed by atoms with Gasteiger partial charge >= 0.3 is 0 Å². The summed E-state index contributed by atoms with van der Waals surface area (Å²) >= 11 is 0. The minimum Gasteiger partial charge on any atom is -0.383 e. The van der Waals surface area contributed by atoms with Crippen LogP contribution in [-0.4, -0.2) is 40.0 Å². The minimum absolute atomic E-state index is 0.496. The average Bonchev–Trinajstić information content (AvgIpc) is 3.05. The highest BCUT2D eigenvalue weighted by Gasteiger charge is 2.18. The Labute approximate surface area is 156 Å². The number of nitrogens with one attached hydrogen (secondary N) is 1. The van der Waals surface area contributed by atoms with E-state index in [4.69, 9.17) is 15.5 Å². The van der Waals surface area contributed by atoms with Gasteiger partial charge in [-0.1, -0.05) is 48.5 Å². The Morgan fingerprint density at radius 2 is 1.70 bits per heavy atom. The number of methoxy groups -OCH3 is 1. The molecule has 0 radical (unpaired) electrons. The van der Waals surface area contributed by atoms with Crippen molar-refractivity contribution in [2.75, 3.05) is 31.3 Å². The second kappa shape index (κ2) is 7.43. The predicted octanol–water partition coefficient (Wildman–Crippen LogP) is 3.12. The van der Waals surface area contributed by atoms with E-state index in [0.29, 0.717) is 30.6 Å². The number of benzene rings is 2. The van der Waals surface area contributed by atoms with Gasteiger partial charge in [0.1, 0.15) is 5.82 Å². The SMILES string of the molecule is COCCNc1nc(-c2ccccc2)c2c(N)n(-c3ccccc3)nc2n1. The van der Waals surface area contributed by atoms with E-state index in [0.717, 1.165) is 22.3 Å². The van der Waals surface area contributed by atoms with E-state index in [9.17, 15) is 0 Å². The molecule has 0 aliphatic rings. The molecule has 7 nitrogen and oxygen atoms in total. The molecule has 0 atom stereocenters. The van der Waals surface area contributed by atoms with Crippen molar-refractivity contribution in [2.24, 2.45) is 0 Å². The van der Waals surface area contributed by atoms with Crippen LogP contribution >= 0.6 is 0 Å². The van der Waals surface area contributed by atoms with Crippen molar-refractivity contribution in [3.63, 3.8) is 0 Å². The third kappa shape index (κ3) is 3.32. The van der Waals surface area contributed by atoms with Gasteiger partial charge in [-0.05, 0) is 12.1 Å². The summed E-state index contributed by atoms with van der Waals surface area (Å²) in [6, 6.07) is 19.7. The van der Waals surface area contributed by atoms with Crippen LogP contribution in [0.2, 0.25) is 0 Å². The van der Waals surface area contributed by atoms with E-state index < -0.39 is 0 Å². The van der Waals surface area contributed by atoms with Gasteiger partial charge in [-0.3, -0.25) is 0 Å². The van der Waals surface area contributed by atoms with E-state index in [1.807, 2.05) is 60.7 Å². The summed E-state index contributed by atoms with van der Waals surface area (Å²) in [6.45, 7) is 1.16. The fraction of sp³-hybridized carbons (Fsp3) is 0.150. The van der Waals surface area contributed by atoms with E-state index in [-0.39, 0.29) is 0 Å². The maximum atomic E-state index is 6.46. The van der Waals surface area contributed by atoms with E-state index in [1.165, 1.54) is 0 Å². The molecule has 0 aliphatic carbocycles. The normalized spacial score (nSPS) is 11.0. The highest BCUT2D eigenvalue weighted by atomic mass is 16.5. The number of aromatic nitrogens is 4. The Morgan fingerprint density at radius 3 is 2.41 bits per heavy atom. The van der Waals surface area contributed by atoms with Gasteiger partial charge in [0.25, 0.3) is 0 Å². The molecular weight excluding hydrogens is 340 g/mol. The summed E-state index contributed by atoms with van der Waals surface area (Å²) in [4.78, 5) is 9.25. The van der Waals surface area contributed by atoms with Crippen LogP contribution < -0.4 is 11.1 Å². The summed E-state index contributed by atoms with van der Waals surface area (Å²) in [5.41, 5.74) is 9.59. The third-order valence-corrected chi connectivity index (χ3v) is 4.21. The fourth-order valence-electron chi connectivity index (χ4n) is 2.93. The van der Waals surface area contributed by atoms with Crippen molar-refractivity contribution in [3.8, 4) is 16.9 Å². The van der Waals surface area contributed by atoms with E-state index >= 15 is 0 Å². The van der Waals surface area contributed by atoms with Crippen LogP contribution in [-0.2, 0) is 4.74 Å². The average molecular weight is 360 g/mol. The molecule has 0 fully saturated rings. The second-order valence-corrected chi connectivity index (χ2v) is 6.01. The highest BCUT2D eigenvalue weighted by Crippen LogP contribution is 2.32. The van der Waals surface area contributed by atoms with Crippen molar-refractivity contribution in [2.45, 2.75) is 0 Å². The van der Waals surface area contributed by atoms with Crippen LogP contribution in [0.3, 0.4) is 0 Å². The Hall–Kier alpha value is -3.45. The monoisotopic (exact) mass is 360 g/mol. The van der Waals surface area contributed by atoms with Crippen molar-refractivity contribution in [1.82, 2.24) is 19.7 Å². The van der Waals surface area contributed by atoms with Crippen LogP contribution in [0.5, 0.6) is 0 Å². The minimum atomic E-state index is 0.496. The van der Waals surface area contributed by atoms with Gasteiger partial charge in [0.15, 0.2) is 5.65 Å². The molecule has 7 heteroatoms. The summed E-state index contributed by atoms with van der Waals surface area (Å²) < 4.78 is 6.79. The van der Waals surface area contributed by atoms with Gasteiger partial charge in [-0.25, -0.2) is 9.67 Å². The molecule has 0 saturated carbocycles. The molecule has 2 aromatic carbocycles. The summed E-state index contributed by atoms with van der Waals surface area (Å²) in [7, 11) is 1.66. The lowest BCUT2D eigenvalue weighted by Gasteiger charge is -2.08. The standard InChI is InChI=1S/C20H20N6O/c1-27-13-12-22-20-23-17(14-8-4-2-5-9-14)16-18(21)26(25-19(16)24-20)15-10-6-3-7-11-15/h2-11H,12-13,21H2,1H3,(H,22,24,25). The molecule has 0 amide bonds. The van der Waals surface area contributed by atoms with Crippen LogP contribution in [0.15, 0.2) is 60.7 Å². The molecule has 27 heavy (non-hydrogen) atoms. The first-order valence-electron chi connectivity index (χ1n) is 8.68. The molecule has 136 valence electrons. The quantitative estimate of drug-likeness (QED) is 0.513. The number of nitrogen functional groups attached to an aromatic ring is 1. The molecule has 0 aliphatic heterocycles. The van der Waals surface area contributed by atoms with Crippen molar-refractivity contribution in [3.05, 3.63) is 60.7 Å². The van der Waals surface area contributed by atoms with Crippen LogP contribution in [0.25, 0.3) is 28.0 Å². The summed E-state index contributed by atoms with van der Waals surface area (Å²) in [6.07, 6.45) is 0. The zero-order chi connectivity index (χ0) is 18.6. The lowest BCUT2D eigenvalue weighted by atomic mass is 10.1. The first-order valence-corrected chi connectivity index (χ1v) is 8.68. The molecule has 0 saturated heterocycles. The number of hydrogen-bond acceptors (Lipinski definition) is 6. The Kier molecular flexibility index (Phi) is 4.67. The number of fused-ring (bicyclic) bond motifs is 1. The first-order chi connectivity index (χ1) is 13.3. The summed E-state index contributed by atoms with van der Waals surface area (Å²) in [5.74, 6) is 1.01. The van der Waals surface area contributed by atoms with Gasteiger partial charge in [0, 0.05) is 19.2 Å². The molecule has 0 spiro atoms. The zero-order valence-electron chi connectivity index (χ0n) is 15.0. The first kappa shape index (κ1) is 17.0. The maximum Gasteiger partial charge on any atom is 0.225 e. The molecule has 0 bridgehead atoms. The van der Waals surface area contributed by atoms with Crippen molar-refractivity contribution >= 4 is 22.8 Å². The Morgan fingerprint density at radius 1 is 1.00 bits per heavy atom. The van der Waals surface area contributed by atoms with Gasteiger partial charge in [0.05, 0.1) is 23.4 Å². The van der Waals surface area contributed by atoms with Gasteiger partial charge in [0.2, 0.25) is 5.95 Å². The molecule has 0 unspecified atom stereocenters. The molecule has 3 N–H and O–H groups in total. The maximum absolute atomic E-state index is 6.46. The lowest BCUT2D eigenvalue weighted by molar-refractivity contribution is 0.210.